The third-order valence-corrected chi connectivity index (χ3v) is 5.43. The largest absolute Gasteiger partial charge is 0.479 e. The van der Waals surface area contributed by atoms with Crippen molar-refractivity contribution in [3.63, 3.8) is 0 Å². The standard InChI is InChI=1S/C16H14ClF3N4O5S/c1-28-15-10(6-9(18)14(22-15)29-16(19)20)23-30(26,27)11-7-24(4-5-25)13-8(11)2-3-12(17)21-13/h2-3,6-7,16,23,25H,4-5H2,1H3. The van der Waals surface area contributed by atoms with E-state index in [-0.39, 0.29) is 34.2 Å². The summed E-state index contributed by atoms with van der Waals surface area (Å²) in [5.74, 6) is -2.87. The fraction of sp³-hybridized carbons (Fsp3) is 0.250. The molecule has 0 amide bonds. The Morgan fingerprint density at radius 2 is 2.03 bits per heavy atom. The number of aliphatic hydroxyl groups excluding tert-OH is 1. The molecule has 0 aromatic carbocycles. The van der Waals surface area contributed by atoms with Crippen molar-refractivity contribution in [1.29, 1.82) is 0 Å². The number of nitrogens with one attached hydrogen (secondary N) is 1. The van der Waals surface area contributed by atoms with Gasteiger partial charge in [-0.25, -0.2) is 17.8 Å². The van der Waals surface area contributed by atoms with Crippen molar-refractivity contribution < 1.29 is 36.2 Å². The van der Waals surface area contributed by atoms with Gasteiger partial charge in [0, 0.05) is 24.2 Å². The minimum Gasteiger partial charge on any atom is -0.479 e. The molecular formula is C16H14ClF3N4O5S. The summed E-state index contributed by atoms with van der Waals surface area (Å²) in [6.07, 6.45) is 1.22. The van der Waals surface area contributed by atoms with Crippen LogP contribution in [0.2, 0.25) is 5.15 Å². The molecule has 14 heteroatoms. The lowest BCUT2D eigenvalue weighted by Crippen LogP contribution is -2.15. The highest BCUT2D eigenvalue weighted by Gasteiger charge is 2.25. The third kappa shape index (κ3) is 4.37. The topological polar surface area (TPSA) is 116 Å². The lowest BCUT2D eigenvalue weighted by molar-refractivity contribution is -0.0555. The number of hydrogen-bond donors (Lipinski definition) is 2. The van der Waals surface area contributed by atoms with Crippen LogP contribution in [-0.2, 0) is 16.6 Å². The predicted octanol–water partition coefficient (Wildman–Crippen LogP) is 2.63. The summed E-state index contributed by atoms with van der Waals surface area (Å²) in [7, 11) is -3.26. The van der Waals surface area contributed by atoms with E-state index >= 15 is 0 Å². The van der Waals surface area contributed by atoms with Crippen LogP contribution in [0.25, 0.3) is 11.0 Å². The summed E-state index contributed by atoms with van der Waals surface area (Å²) in [6, 6.07) is 3.40. The molecule has 162 valence electrons. The van der Waals surface area contributed by atoms with Crippen LogP contribution < -0.4 is 14.2 Å². The molecule has 0 unspecified atom stereocenters. The molecule has 2 N–H and O–H groups in total. The summed E-state index contributed by atoms with van der Waals surface area (Å²) in [5.41, 5.74) is -0.240. The number of alkyl halides is 2. The van der Waals surface area contributed by atoms with Crippen LogP contribution in [0.15, 0.2) is 29.3 Å². The number of halogens is 4. The first-order chi connectivity index (χ1) is 14.2. The van der Waals surface area contributed by atoms with Crippen molar-refractivity contribution in [2.24, 2.45) is 0 Å². The van der Waals surface area contributed by atoms with Gasteiger partial charge in [0.05, 0.1) is 13.7 Å². The van der Waals surface area contributed by atoms with Crippen molar-refractivity contribution in [2.45, 2.75) is 18.1 Å². The van der Waals surface area contributed by atoms with Gasteiger partial charge in [-0.3, -0.25) is 4.72 Å². The van der Waals surface area contributed by atoms with Crippen LogP contribution in [0.1, 0.15) is 0 Å². The molecule has 3 aromatic rings. The molecular weight excluding hydrogens is 453 g/mol. The Morgan fingerprint density at radius 1 is 1.30 bits per heavy atom. The Kier molecular flexibility index (Phi) is 6.24. The zero-order chi connectivity index (χ0) is 22.1. The highest BCUT2D eigenvalue weighted by Crippen LogP contribution is 2.32. The van der Waals surface area contributed by atoms with Gasteiger partial charge in [-0.05, 0) is 12.1 Å². The Balaban J connectivity index is 2.06. The second kappa shape index (κ2) is 8.53. The molecule has 0 saturated carbocycles. The normalized spacial score (nSPS) is 11.8. The van der Waals surface area contributed by atoms with E-state index in [4.69, 9.17) is 16.3 Å². The van der Waals surface area contributed by atoms with Crippen molar-refractivity contribution in [3.05, 3.63) is 35.4 Å². The van der Waals surface area contributed by atoms with Crippen LogP contribution in [0.4, 0.5) is 18.9 Å². The molecule has 0 atom stereocenters. The minimum absolute atomic E-state index is 0.0402. The first kappa shape index (κ1) is 21.9. The zero-order valence-corrected chi connectivity index (χ0v) is 16.7. The maximum Gasteiger partial charge on any atom is 0.388 e. The molecule has 3 heterocycles. The quantitative estimate of drug-likeness (QED) is 0.490. The van der Waals surface area contributed by atoms with Crippen LogP contribution in [-0.4, -0.2) is 48.4 Å². The lowest BCUT2D eigenvalue weighted by atomic mass is 10.3. The molecule has 0 bridgehead atoms. The smallest absolute Gasteiger partial charge is 0.388 e. The highest BCUT2D eigenvalue weighted by atomic mass is 35.5. The second-order valence-corrected chi connectivity index (χ2v) is 7.77. The number of hydrogen-bond acceptors (Lipinski definition) is 7. The summed E-state index contributed by atoms with van der Waals surface area (Å²) < 4.78 is 76.9. The first-order valence-corrected chi connectivity index (χ1v) is 10.0. The van der Waals surface area contributed by atoms with Crippen LogP contribution in [0, 0.1) is 5.82 Å². The lowest BCUT2D eigenvalue weighted by Gasteiger charge is -2.13. The Hall–Kier alpha value is -2.77. The average molecular weight is 467 g/mol. The Bertz CT molecular complexity index is 1190. The molecule has 3 rings (SSSR count). The maximum atomic E-state index is 14.0. The Morgan fingerprint density at radius 3 is 2.67 bits per heavy atom. The number of sulfonamides is 1. The number of fused-ring (bicyclic) bond motifs is 1. The van der Waals surface area contributed by atoms with E-state index in [0.717, 1.165) is 7.11 Å². The van der Waals surface area contributed by atoms with E-state index in [9.17, 15) is 26.7 Å². The zero-order valence-electron chi connectivity index (χ0n) is 15.1. The number of aromatic nitrogens is 3. The minimum atomic E-state index is -4.35. The van der Waals surface area contributed by atoms with Crippen molar-refractivity contribution >= 4 is 38.3 Å². The van der Waals surface area contributed by atoms with E-state index in [1.807, 2.05) is 0 Å². The molecule has 9 nitrogen and oxygen atoms in total. The molecule has 3 aromatic heterocycles. The highest BCUT2D eigenvalue weighted by molar-refractivity contribution is 7.93. The molecule has 0 aliphatic heterocycles. The molecule has 0 radical (unpaired) electrons. The Labute approximate surface area is 173 Å². The number of aliphatic hydroxyl groups is 1. The number of methoxy groups -OCH3 is 1. The summed E-state index contributed by atoms with van der Waals surface area (Å²) >= 11 is 5.87. The first-order valence-electron chi connectivity index (χ1n) is 8.14. The van der Waals surface area contributed by atoms with E-state index in [1.165, 1.54) is 22.9 Å². The van der Waals surface area contributed by atoms with E-state index < -0.39 is 39.9 Å². The number of anilines is 1. The van der Waals surface area contributed by atoms with Gasteiger partial charge in [0.1, 0.15) is 21.4 Å². The van der Waals surface area contributed by atoms with E-state index in [2.05, 4.69) is 19.4 Å². The van der Waals surface area contributed by atoms with Gasteiger partial charge >= 0.3 is 6.61 Å². The number of nitrogens with zero attached hydrogens (tertiary/aromatic N) is 3. The average Bonchev–Trinajstić information content (AvgIpc) is 3.02. The summed E-state index contributed by atoms with van der Waals surface area (Å²) in [4.78, 5) is 7.24. The molecule has 30 heavy (non-hydrogen) atoms. The van der Waals surface area contributed by atoms with Crippen molar-refractivity contribution in [3.8, 4) is 11.8 Å². The van der Waals surface area contributed by atoms with Gasteiger partial charge in [0.25, 0.3) is 15.9 Å². The third-order valence-electron chi connectivity index (χ3n) is 3.83. The van der Waals surface area contributed by atoms with Crippen LogP contribution in [0.3, 0.4) is 0 Å². The van der Waals surface area contributed by atoms with Gasteiger partial charge in [-0.2, -0.15) is 13.8 Å². The summed E-state index contributed by atoms with van der Waals surface area (Å²) in [5, 5.41) is 9.50. The number of ether oxygens (including phenoxy) is 2. The molecule has 0 aliphatic carbocycles. The second-order valence-electron chi connectivity index (χ2n) is 5.73. The van der Waals surface area contributed by atoms with Gasteiger partial charge in [-0.1, -0.05) is 11.6 Å². The molecule has 0 aliphatic rings. The van der Waals surface area contributed by atoms with E-state index in [1.54, 1.807) is 0 Å². The summed E-state index contributed by atoms with van der Waals surface area (Å²) in [6.45, 7) is -3.59. The van der Waals surface area contributed by atoms with Crippen LogP contribution >= 0.6 is 11.6 Å². The van der Waals surface area contributed by atoms with Crippen molar-refractivity contribution in [1.82, 2.24) is 14.5 Å². The predicted molar refractivity (Wildman–Crippen MR) is 100 cm³/mol. The van der Waals surface area contributed by atoms with E-state index in [0.29, 0.717) is 6.07 Å². The van der Waals surface area contributed by atoms with Crippen molar-refractivity contribution in [2.75, 3.05) is 18.4 Å². The van der Waals surface area contributed by atoms with Gasteiger partial charge in [0.2, 0.25) is 5.88 Å². The molecule has 0 saturated heterocycles. The van der Waals surface area contributed by atoms with Crippen LogP contribution in [0.5, 0.6) is 11.8 Å². The monoisotopic (exact) mass is 466 g/mol. The maximum absolute atomic E-state index is 14.0. The van der Waals surface area contributed by atoms with Gasteiger partial charge in [0.15, 0.2) is 5.82 Å². The number of pyridine rings is 2. The fourth-order valence-corrected chi connectivity index (χ4v) is 4.06. The number of rotatable bonds is 8. The molecule has 0 fully saturated rings. The SMILES string of the molecule is COc1nc(OC(F)F)c(F)cc1NS(=O)(=O)c1cn(CCO)c2nc(Cl)ccc12. The van der Waals surface area contributed by atoms with Gasteiger partial charge < -0.3 is 19.1 Å². The van der Waals surface area contributed by atoms with Gasteiger partial charge in [-0.15, -0.1) is 0 Å². The fourth-order valence-electron chi connectivity index (χ4n) is 2.65. The molecule has 0 spiro atoms.